The van der Waals surface area contributed by atoms with Crippen molar-refractivity contribution in [3.05, 3.63) is 35.6 Å². The van der Waals surface area contributed by atoms with Crippen LogP contribution in [0.2, 0.25) is 0 Å². The minimum absolute atomic E-state index is 0.111. The summed E-state index contributed by atoms with van der Waals surface area (Å²) in [5, 5.41) is 0. The van der Waals surface area contributed by atoms with E-state index in [9.17, 15) is 9.18 Å². The topological polar surface area (TPSA) is 26.3 Å². The number of hydrogen-bond acceptors (Lipinski definition) is 2. The normalized spacial score (nSPS) is 12.2. The molecule has 1 aromatic carbocycles. The van der Waals surface area contributed by atoms with Gasteiger partial charge in [-0.25, -0.2) is 4.39 Å². The van der Waals surface area contributed by atoms with E-state index in [1.807, 2.05) is 6.92 Å². The highest BCUT2D eigenvalue weighted by molar-refractivity contribution is 5.70. The molecule has 0 aliphatic rings. The maximum Gasteiger partial charge on any atom is 0.306 e. The van der Waals surface area contributed by atoms with Crippen LogP contribution >= 0.6 is 0 Å². The Morgan fingerprint density at radius 3 is 2.44 bits per heavy atom. The second kappa shape index (κ2) is 6.26. The van der Waals surface area contributed by atoms with Crippen molar-refractivity contribution in [3.63, 3.8) is 0 Å². The van der Waals surface area contributed by atoms with Gasteiger partial charge in [0.1, 0.15) is 5.82 Å². The molecule has 0 aliphatic carbocycles. The van der Waals surface area contributed by atoms with E-state index in [0.717, 1.165) is 12.0 Å². The molecule has 2 nitrogen and oxygen atoms in total. The maximum absolute atomic E-state index is 12.7. The Labute approximate surface area is 95.4 Å². The molecule has 3 heteroatoms. The van der Waals surface area contributed by atoms with Crippen LogP contribution in [-0.2, 0) is 9.53 Å². The van der Waals surface area contributed by atoms with E-state index in [1.165, 1.54) is 12.1 Å². The second-order valence-corrected chi connectivity index (χ2v) is 3.67. The number of benzene rings is 1. The van der Waals surface area contributed by atoms with Crippen LogP contribution in [0.15, 0.2) is 24.3 Å². The number of carbonyl (C=O) groups is 1. The molecule has 0 saturated carbocycles. The van der Waals surface area contributed by atoms with E-state index in [0.29, 0.717) is 13.0 Å². The number of rotatable bonds is 5. The molecule has 0 heterocycles. The first kappa shape index (κ1) is 12.7. The summed E-state index contributed by atoms with van der Waals surface area (Å²) in [6.45, 7) is 4.20. The third kappa shape index (κ3) is 3.65. The fourth-order valence-electron chi connectivity index (χ4n) is 1.65. The van der Waals surface area contributed by atoms with Gasteiger partial charge in [-0.2, -0.15) is 0 Å². The summed E-state index contributed by atoms with van der Waals surface area (Å²) in [5.41, 5.74) is 0.983. The highest BCUT2D eigenvalue weighted by Crippen LogP contribution is 2.23. The number of esters is 1. The Morgan fingerprint density at radius 1 is 1.31 bits per heavy atom. The van der Waals surface area contributed by atoms with E-state index in [4.69, 9.17) is 4.74 Å². The van der Waals surface area contributed by atoms with Crippen LogP contribution in [0.25, 0.3) is 0 Å². The highest BCUT2D eigenvalue weighted by atomic mass is 19.1. The zero-order valence-electron chi connectivity index (χ0n) is 9.70. The van der Waals surface area contributed by atoms with Crippen molar-refractivity contribution in [2.45, 2.75) is 32.6 Å². The summed E-state index contributed by atoms with van der Waals surface area (Å²) in [5.74, 6) is -0.340. The lowest BCUT2D eigenvalue weighted by Gasteiger charge is -2.14. The number of carbonyl (C=O) groups excluding carboxylic acids is 1. The third-order valence-corrected chi connectivity index (χ3v) is 2.55. The fourth-order valence-corrected chi connectivity index (χ4v) is 1.65. The first-order chi connectivity index (χ1) is 7.67. The van der Waals surface area contributed by atoms with Gasteiger partial charge in [0.15, 0.2) is 0 Å². The van der Waals surface area contributed by atoms with Crippen LogP contribution in [0.3, 0.4) is 0 Å². The largest absolute Gasteiger partial charge is 0.466 e. The Balaban J connectivity index is 2.67. The van der Waals surface area contributed by atoms with Gasteiger partial charge in [0.2, 0.25) is 0 Å². The van der Waals surface area contributed by atoms with Crippen molar-refractivity contribution in [2.24, 2.45) is 0 Å². The molecule has 0 bridgehead atoms. The van der Waals surface area contributed by atoms with Gasteiger partial charge in [-0.05, 0) is 37.0 Å². The minimum Gasteiger partial charge on any atom is -0.466 e. The lowest BCUT2D eigenvalue weighted by Crippen LogP contribution is -2.10. The van der Waals surface area contributed by atoms with Gasteiger partial charge in [0.05, 0.1) is 13.0 Å². The van der Waals surface area contributed by atoms with Gasteiger partial charge in [0, 0.05) is 0 Å². The molecule has 1 atom stereocenters. The smallest absolute Gasteiger partial charge is 0.306 e. The summed E-state index contributed by atoms with van der Waals surface area (Å²) in [7, 11) is 0. The molecular formula is C13H17FO2. The van der Waals surface area contributed by atoms with Crippen molar-refractivity contribution in [1.82, 2.24) is 0 Å². The SMILES string of the molecule is CCOC(=O)CC(CC)c1ccc(F)cc1. The van der Waals surface area contributed by atoms with Gasteiger partial charge in [-0.15, -0.1) is 0 Å². The zero-order valence-corrected chi connectivity index (χ0v) is 9.70. The predicted octanol–water partition coefficient (Wildman–Crippen LogP) is 3.27. The minimum atomic E-state index is -0.255. The molecule has 0 saturated heterocycles. The van der Waals surface area contributed by atoms with E-state index >= 15 is 0 Å². The van der Waals surface area contributed by atoms with Crippen molar-refractivity contribution in [2.75, 3.05) is 6.61 Å². The van der Waals surface area contributed by atoms with Crippen molar-refractivity contribution in [3.8, 4) is 0 Å². The molecule has 0 N–H and O–H groups in total. The summed E-state index contributed by atoms with van der Waals surface area (Å²) in [4.78, 5) is 11.4. The van der Waals surface area contributed by atoms with Crippen molar-refractivity contribution >= 4 is 5.97 Å². The molecule has 0 aromatic heterocycles. The Bertz CT molecular complexity index is 332. The second-order valence-electron chi connectivity index (χ2n) is 3.67. The predicted molar refractivity (Wildman–Crippen MR) is 60.7 cm³/mol. The monoisotopic (exact) mass is 224 g/mol. The van der Waals surface area contributed by atoms with Crippen molar-refractivity contribution < 1.29 is 13.9 Å². The Kier molecular flexibility index (Phi) is 4.96. The standard InChI is InChI=1S/C13H17FO2/c1-3-10(9-13(15)16-4-2)11-5-7-12(14)8-6-11/h5-8,10H,3-4,9H2,1-2H3. The Morgan fingerprint density at radius 2 is 1.94 bits per heavy atom. The Hall–Kier alpha value is -1.38. The van der Waals surface area contributed by atoms with Gasteiger partial charge >= 0.3 is 5.97 Å². The first-order valence-electron chi connectivity index (χ1n) is 5.58. The van der Waals surface area contributed by atoms with Crippen LogP contribution < -0.4 is 0 Å². The first-order valence-corrected chi connectivity index (χ1v) is 5.58. The summed E-state index contributed by atoms with van der Waals surface area (Å²) < 4.78 is 17.7. The van der Waals surface area contributed by atoms with Crippen LogP contribution in [0, 0.1) is 5.82 Å². The molecule has 16 heavy (non-hydrogen) atoms. The van der Waals surface area contributed by atoms with Crippen LogP contribution in [0.5, 0.6) is 0 Å². The highest BCUT2D eigenvalue weighted by Gasteiger charge is 2.14. The molecule has 0 fully saturated rings. The van der Waals surface area contributed by atoms with Gasteiger partial charge < -0.3 is 4.74 Å². The number of ether oxygens (including phenoxy) is 1. The van der Waals surface area contributed by atoms with E-state index < -0.39 is 0 Å². The molecule has 1 rings (SSSR count). The number of halogens is 1. The summed E-state index contributed by atoms with van der Waals surface area (Å²) >= 11 is 0. The van der Waals surface area contributed by atoms with E-state index in [1.54, 1.807) is 19.1 Å². The van der Waals surface area contributed by atoms with Crippen LogP contribution in [-0.4, -0.2) is 12.6 Å². The molecule has 1 aromatic rings. The lowest BCUT2D eigenvalue weighted by atomic mass is 9.93. The van der Waals surface area contributed by atoms with Gasteiger partial charge in [-0.1, -0.05) is 19.1 Å². The van der Waals surface area contributed by atoms with Gasteiger partial charge in [-0.3, -0.25) is 4.79 Å². The van der Waals surface area contributed by atoms with Crippen LogP contribution in [0.4, 0.5) is 4.39 Å². The number of hydrogen-bond donors (Lipinski definition) is 0. The molecule has 88 valence electrons. The van der Waals surface area contributed by atoms with Crippen molar-refractivity contribution in [1.29, 1.82) is 0 Å². The van der Waals surface area contributed by atoms with E-state index in [-0.39, 0.29) is 17.7 Å². The third-order valence-electron chi connectivity index (χ3n) is 2.55. The maximum atomic E-state index is 12.7. The summed E-state index contributed by atoms with van der Waals surface area (Å²) in [6.07, 6.45) is 1.19. The van der Waals surface area contributed by atoms with Gasteiger partial charge in [0.25, 0.3) is 0 Å². The molecule has 0 aliphatic heterocycles. The van der Waals surface area contributed by atoms with Crippen LogP contribution in [0.1, 0.15) is 38.2 Å². The zero-order chi connectivity index (χ0) is 12.0. The molecule has 0 spiro atoms. The molecule has 0 radical (unpaired) electrons. The molecule has 1 unspecified atom stereocenters. The molecule has 0 amide bonds. The quantitative estimate of drug-likeness (QED) is 0.717. The molecular weight excluding hydrogens is 207 g/mol. The summed E-state index contributed by atoms with van der Waals surface area (Å²) in [6, 6.07) is 6.29. The fraction of sp³-hybridized carbons (Fsp3) is 0.462. The van der Waals surface area contributed by atoms with E-state index in [2.05, 4.69) is 0 Å². The average molecular weight is 224 g/mol. The lowest BCUT2D eigenvalue weighted by molar-refractivity contribution is -0.143. The average Bonchev–Trinajstić information content (AvgIpc) is 2.27.